The zero-order valence-corrected chi connectivity index (χ0v) is 19.5. The van der Waals surface area contributed by atoms with E-state index in [9.17, 15) is 4.79 Å². The van der Waals surface area contributed by atoms with Crippen LogP contribution in [0.2, 0.25) is 5.02 Å². The molecule has 6 nitrogen and oxygen atoms in total. The first kappa shape index (κ1) is 20.9. The molecule has 1 saturated carbocycles. The monoisotopic (exact) mass is 463 g/mol. The van der Waals surface area contributed by atoms with Gasteiger partial charge in [-0.05, 0) is 55.5 Å². The summed E-state index contributed by atoms with van der Waals surface area (Å²) >= 11 is 6.53. The third kappa shape index (κ3) is 4.30. The van der Waals surface area contributed by atoms with Crippen molar-refractivity contribution in [3.63, 3.8) is 0 Å². The number of benzene rings is 2. The molecule has 2 aliphatic heterocycles. The Kier molecular flexibility index (Phi) is 5.43. The van der Waals surface area contributed by atoms with Crippen LogP contribution in [0.25, 0.3) is 10.9 Å². The molecule has 33 heavy (non-hydrogen) atoms. The molecular formula is C26H30ClN5O. The lowest BCUT2D eigenvalue weighted by Crippen LogP contribution is -2.46. The number of aromatic nitrogens is 1. The number of rotatable bonds is 5. The van der Waals surface area contributed by atoms with Gasteiger partial charge in [-0.2, -0.15) is 0 Å². The highest BCUT2D eigenvalue weighted by molar-refractivity contribution is 6.33. The Morgan fingerprint density at radius 2 is 1.91 bits per heavy atom. The molecule has 3 N–H and O–H groups in total. The van der Waals surface area contributed by atoms with Gasteiger partial charge in [0.15, 0.2) is 0 Å². The van der Waals surface area contributed by atoms with Gasteiger partial charge in [0.05, 0.1) is 21.9 Å². The van der Waals surface area contributed by atoms with Crippen molar-refractivity contribution < 1.29 is 0 Å². The first-order valence-corrected chi connectivity index (χ1v) is 12.5. The molecule has 3 aromatic rings. The summed E-state index contributed by atoms with van der Waals surface area (Å²) in [5.41, 5.74) is 6.38. The second-order valence-electron chi connectivity index (χ2n) is 9.56. The quantitative estimate of drug-likeness (QED) is 0.522. The third-order valence-electron chi connectivity index (χ3n) is 7.12. The van der Waals surface area contributed by atoms with Gasteiger partial charge in [-0.25, -0.2) is 0 Å². The highest BCUT2D eigenvalue weighted by atomic mass is 35.5. The largest absolute Gasteiger partial charge is 0.384 e. The lowest BCUT2D eigenvalue weighted by Gasteiger charge is -2.36. The maximum absolute atomic E-state index is 12.5. The number of fused-ring (bicyclic) bond motifs is 3. The molecule has 1 aliphatic carbocycles. The van der Waals surface area contributed by atoms with Gasteiger partial charge in [-0.3, -0.25) is 9.69 Å². The summed E-state index contributed by atoms with van der Waals surface area (Å²) in [6.45, 7) is 5.78. The normalized spacial score (nSPS) is 18.8. The first-order chi connectivity index (χ1) is 16.1. The van der Waals surface area contributed by atoms with E-state index in [0.29, 0.717) is 6.04 Å². The molecule has 6 rings (SSSR count). The maximum Gasteiger partial charge on any atom is 0.253 e. The predicted molar refractivity (Wildman–Crippen MR) is 137 cm³/mol. The number of nitrogens with one attached hydrogen (secondary N) is 3. The van der Waals surface area contributed by atoms with E-state index in [4.69, 9.17) is 11.6 Å². The summed E-state index contributed by atoms with van der Waals surface area (Å²) in [5.74, 6) is 0. The third-order valence-corrected chi connectivity index (χ3v) is 7.43. The Bertz CT molecular complexity index is 1240. The van der Waals surface area contributed by atoms with E-state index in [-0.39, 0.29) is 5.56 Å². The Balaban J connectivity index is 1.12. The van der Waals surface area contributed by atoms with Gasteiger partial charge in [-0.1, -0.05) is 23.7 Å². The molecule has 0 spiro atoms. The van der Waals surface area contributed by atoms with Crippen LogP contribution in [0.5, 0.6) is 0 Å². The molecule has 0 radical (unpaired) electrons. The van der Waals surface area contributed by atoms with E-state index >= 15 is 0 Å². The smallest absolute Gasteiger partial charge is 0.253 e. The van der Waals surface area contributed by atoms with Crippen LogP contribution >= 0.6 is 11.6 Å². The van der Waals surface area contributed by atoms with E-state index in [1.165, 1.54) is 24.1 Å². The van der Waals surface area contributed by atoms with E-state index in [1.807, 2.05) is 0 Å². The summed E-state index contributed by atoms with van der Waals surface area (Å²) < 4.78 is 0. The summed E-state index contributed by atoms with van der Waals surface area (Å²) in [5, 5.41) is 8.86. The topological polar surface area (TPSA) is 63.4 Å². The minimum Gasteiger partial charge on any atom is -0.384 e. The molecule has 172 valence electrons. The number of halogens is 1. The zero-order valence-electron chi connectivity index (χ0n) is 18.8. The summed E-state index contributed by atoms with van der Waals surface area (Å²) in [6.07, 6.45) is 4.35. The van der Waals surface area contributed by atoms with Gasteiger partial charge in [-0.15, -0.1) is 0 Å². The van der Waals surface area contributed by atoms with Crippen LogP contribution in [0.4, 0.5) is 17.1 Å². The standard InChI is InChI=1S/C26H30ClN5O/c27-22-15-19(6-8-23(22)29-18-4-5-18)32-12-10-31(11-13-32)16-17-3-7-20-24(14-17)30-26(33)21-2-1-9-28-25(20)21/h3,6-8,14-15,18,28-29H,1-2,4-5,9-13,16H2,(H,30,33). The number of hydrogen-bond acceptors (Lipinski definition) is 5. The molecule has 1 saturated heterocycles. The number of anilines is 3. The summed E-state index contributed by atoms with van der Waals surface area (Å²) in [4.78, 5) is 20.5. The van der Waals surface area contributed by atoms with Crippen molar-refractivity contribution in [2.75, 3.05) is 48.3 Å². The van der Waals surface area contributed by atoms with E-state index in [1.54, 1.807) is 0 Å². The first-order valence-electron chi connectivity index (χ1n) is 12.1. The molecule has 3 aliphatic rings. The molecule has 0 unspecified atom stereocenters. The van der Waals surface area contributed by atoms with Gasteiger partial charge in [0, 0.05) is 61.9 Å². The van der Waals surface area contributed by atoms with Crippen molar-refractivity contribution in [2.24, 2.45) is 0 Å². The van der Waals surface area contributed by atoms with Crippen LogP contribution in [0.15, 0.2) is 41.2 Å². The van der Waals surface area contributed by atoms with Crippen molar-refractivity contribution in [3.8, 4) is 0 Å². The Morgan fingerprint density at radius 3 is 2.70 bits per heavy atom. The van der Waals surface area contributed by atoms with Crippen molar-refractivity contribution in [2.45, 2.75) is 38.3 Å². The maximum atomic E-state index is 12.5. The minimum atomic E-state index is 0.0486. The zero-order chi connectivity index (χ0) is 22.4. The number of aromatic amines is 1. The fourth-order valence-electron chi connectivity index (χ4n) is 5.09. The molecule has 0 bridgehead atoms. The highest BCUT2D eigenvalue weighted by Gasteiger charge is 2.23. The second-order valence-corrected chi connectivity index (χ2v) is 9.97. The van der Waals surface area contributed by atoms with Gasteiger partial charge >= 0.3 is 0 Å². The molecular weight excluding hydrogens is 434 g/mol. The Labute approximate surface area is 198 Å². The molecule has 2 fully saturated rings. The molecule has 0 atom stereocenters. The fourth-order valence-corrected chi connectivity index (χ4v) is 5.32. The number of nitrogens with zero attached hydrogens (tertiary/aromatic N) is 2. The van der Waals surface area contributed by atoms with Gasteiger partial charge < -0.3 is 20.5 Å². The SMILES string of the molecule is O=c1[nH]c2cc(CN3CCN(c4ccc(NC5CC5)c(Cl)c4)CC3)ccc2c2c1CCCN2. The van der Waals surface area contributed by atoms with Crippen molar-refractivity contribution in [1.82, 2.24) is 9.88 Å². The molecule has 0 amide bonds. The number of hydrogen-bond donors (Lipinski definition) is 3. The minimum absolute atomic E-state index is 0.0486. The average molecular weight is 464 g/mol. The number of piperazine rings is 1. The van der Waals surface area contributed by atoms with Gasteiger partial charge in [0.25, 0.3) is 5.56 Å². The Morgan fingerprint density at radius 1 is 1.06 bits per heavy atom. The summed E-state index contributed by atoms with van der Waals surface area (Å²) in [7, 11) is 0. The van der Waals surface area contributed by atoms with E-state index < -0.39 is 0 Å². The van der Waals surface area contributed by atoms with Crippen LogP contribution in [-0.2, 0) is 13.0 Å². The lowest BCUT2D eigenvalue weighted by molar-refractivity contribution is 0.250. The molecule has 7 heteroatoms. The van der Waals surface area contributed by atoms with Crippen LogP contribution in [0, 0.1) is 0 Å². The van der Waals surface area contributed by atoms with Crippen LogP contribution in [-0.4, -0.2) is 48.6 Å². The molecule has 1 aromatic heterocycles. The fraction of sp³-hybridized carbons (Fsp3) is 0.423. The van der Waals surface area contributed by atoms with Crippen molar-refractivity contribution in [3.05, 3.63) is 62.9 Å². The number of H-pyrrole nitrogens is 1. The second kappa shape index (κ2) is 8.58. The van der Waals surface area contributed by atoms with Gasteiger partial charge in [0.2, 0.25) is 0 Å². The molecule has 3 heterocycles. The number of pyridine rings is 1. The predicted octanol–water partition coefficient (Wildman–Crippen LogP) is 4.44. The van der Waals surface area contributed by atoms with Crippen LogP contribution < -0.4 is 21.1 Å². The van der Waals surface area contributed by atoms with Gasteiger partial charge in [0.1, 0.15) is 0 Å². The van der Waals surface area contributed by atoms with Crippen LogP contribution in [0.1, 0.15) is 30.4 Å². The lowest BCUT2D eigenvalue weighted by atomic mass is 10.0. The highest BCUT2D eigenvalue weighted by Crippen LogP contribution is 2.33. The van der Waals surface area contributed by atoms with E-state index in [2.05, 4.69) is 61.8 Å². The van der Waals surface area contributed by atoms with Crippen molar-refractivity contribution in [1.29, 1.82) is 0 Å². The van der Waals surface area contributed by atoms with Crippen molar-refractivity contribution >= 4 is 39.6 Å². The summed E-state index contributed by atoms with van der Waals surface area (Å²) in [6, 6.07) is 13.5. The van der Waals surface area contributed by atoms with Crippen LogP contribution in [0.3, 0.4) is 0 Å². The molecule has 2 aromatic carbocycles. The average Bonchev–Trinajstić information content (AvgIpc) is 3.65. The van der Waals surface area contributed by atoms with E-state index in [0.717, 1.165) is 85.0 Å². The Hall–Kier alpha value is -2.70.